The van der Waals surface area contributed by atoms with Crippen LogP contribution in [0.1, 0.15) is 38.5 Å². The minimum Gasteiger partial charge on any atom is -0.380 e. The summed E-state index contributed by atoms with van der Waals surface area (Å²) in [6.45, 7) is 12.6. The largest absolute Gasteiger partial charge is 0.380 e. The molecule has 0 unspecified atom stereocenters. The maximum absolute atomic E-state index is 5.54. The standard InChI is InChI=1S/C16H30N2OS/c1-4-5-11-19-12-9-17-8-10-18(15(2)3)14-16-7-6-13-20-16/h6-7,13,15,17H,4-5,8-12,14H2,1-3H3. The second-order valence-corrected chi connectivity index (χ2v) is 6.39. The highest BCUT2D eigenvalue weighted by Gasteiger charge is 2.09. The molecule has 116 valence electrons. The number of hydrogen-bond acceptors (Lipinski definition) is 4. The van der Waals surface area contributed by atoms with Gasteiger partial charge in [-0.05, 0) is 31.7 Å². The van der Waals surface area contributed by atoms with Gasteiger partial charge >= 0.3 is 0 Å². The summed E-state index contributed by atoms with van der Waals surface area (Å²) >= 11 is 1.84. The van der Waals surface area contributed by atoms with Crippen LogP contribution in [0.25, 0.3) is 0 Å². The van der Waals surface area contributed by atoms with Gasteiger partial charge in [0.25, 0.3) is 0 Å². The van der Waals surface area contributed by atoms with E-state index in [0.29, 0.717) is 6.04 Å². The van der Waals surface area contributed by atoms with Crippen molar-refractivity contribution in [2.45, 2.75) is 46.2 Å². The van der Waals surface area contributed by atoms with E-state index in [2.05, 4.69) is 48.5 Å². The van der Waals surface area contributed by atoms with Gasteiger partial charge in [0.15, 0.2) is 0 Å². The normalized spacial score (nSPS) is 11.7. The van der Waals surface area contributed by atoms with Crippen molar-refractivity contribution in [1.29, 1.82) is 0 Å². The Morgan fingerprint density at radius 1 is 1.30 bits per heavy atom. The molecule has 0 amide bonds. The third-order valence-electron chi connectivity index (χ3n) is 3.31. The van der Waals surface area contributed by atoms with Gasteiger partial charge in [-0.2, -0.15) is 0 Å². The van der Waals surface area contributed by atoms with Crippen molar-refractivity contribution in [2.24, 2.45) is 0 Å². The molecule has 4 heteroatoms. The summed E-state index contributed by atoms with van der Waals surface area (Å²) in [5.74, 6) is 0. The molecule has 0 bridgehead atoms. The lowest BCUT2D eigenvalue weighted by Crippen LogP contribution is -2.37. The number of nitrogens with zero attached hydrogens (tertiary/aromatic N) is 1. The van der Waals surface area contributed by atoms with Gasteiger partial charge < -0.3 is 10.1 Å². The lowest BCUT2D eigenvalue weighted by atomic mass is 10.3. The molecule has 0 atom stereocenters. The predicted molar refractivity (Wildman–Crippen MR) is 88.5 cm³/mol. The predicted octanol–water partition coefficient (Wildman–Crippen LogP) is 3.36. The quantitative estimate of drug-likeness (QED) is 0.599. The molecule has 0 fully saturated rings. The maximum atomic E-state index is 5.54. The summed E-state index contributed by atoms with van der Waals surface area (Å²) in [4.78, 5) is 3.96. The SMILES string of the molecule is CCCCOCCNCCN(Cc1cccs1)C(C)C. The van der Waals surface area contributed by atoms with E-state index in [1.165, 1.54) is 17.7 Å². The van der Waals surface area contributed by atoms with Gasteiger partial charge in [0.1, 0.15) is 0 Å². The van der Waals surface area contributed by atoms with Crippen LogP contribution in [-0.4, -0.2) is 43.8 Å². The summed E-state index contributed by atoms with van der Waals surface area (Å²) in [6, 6.07) is 4.93. The van der Waals surface area contributed by atoms with Gasteiger partial charge in [0, 0.05) is 43.7 Å². The van der Waals surface area contributed by atoms with Crippen LogP contribution in [-0.2, 0) is 11.3 Å². The van der Waals surface area contributed by atoms with Crippen molar-refractivity contribution in [3.8, 4) is 0 Å². The highest BCUT2D eigenvalue weighted by Crippen LogP contribution is 2.13. The van der Waals surface area contributed by atoms with Crippen LogP contribution in [0.15, 0.2) is 17.5 Å². The number of ether oxygens (including phenoxy) is 1. The Labute approximate surface area is 128 Å². The van der Waals surface area contributed by atoms with Crippen molar-refractivity contribution in [2.75, 3.05) is 32.8 Å². The van der Waals surface area contributed by atoms with Crippen LogP contribution in [0.2, 0.25) is 0 Å². The first kappa shape index (κ1) is 17.6. The summed E-state index contributed by atoms with van der Waals surface area (Å²) in [5.41, 5.74) is 0. The number of nitrogens with one attached hydrogen (secondary N) is 1. The van der Waals surface area contributed by atoms with E-state index in [-0.39, 0.29) is 0 Å². The van der Waals surface area contributed by atoms with Crippen LogP contribution < -0.4 is 5.32 Å². The molecular weight excluding hydrogens is 268 g/mol. The molecule has 1 aromatic rings. The van der Waals surface area contributed by atoms with Crippen molar-refractivity contribution < 1.29 is 4.74 Å². The maximum Gasteiger partial charge on any atom is 0.0590 e. The third-order valence-corrected chi connectivity index (χ3v) is 4.17. The first-order valence-corrected chi connectivity index (χ1v) is 8.67. The molecule has 0 aliphatic heterocycles. The van der Waals surface area contributed by atoms with E-state index >= 15 is 0 Å². The fourth-order valence-corrected chi connectivity index (χ4v) is 2.69. The zero-order valence-corrected chi connectivity index (χ0v) is 14.0. The summed E-state index contributed by atoms with van der Waals surface area (Å²) in [5, 5.41) is 5.62. The Morgan fingerprint density at radius 2 is 2.15 bits per heavy atom. The molecule has 20 heavy (non-hydrogen) atoms. The number of rotatable bonds is 12. The zero-order valence-electron chi connectivity index (χ0n) is 13.2. The van der Waals surface area contributed by atoms with Crippen LogP contribution >= 0.6 is 11.3 Å². The highest BCUT2D eigenvalue weighted by molar-refractivity contribution is 7.09. The van der Waals surface area contributed by atoms with Crippen LogP contribution in [0, 0.1) is 0 Å². The molecule has 0 saturated heterocycles. The Bertz CT molecular complexity index is 314. The van der Waals surface area contributed by atoms with Crippen LogP contribution in [0.5, 0.6) is 0 Å². The Morgan fingerprint density at radius 3 is 2.80 bits per heavy atom. The monoisotopic (exact) mass is 298 g/mol. The van der Waals surface area contributed by atoms with Gasteiger partial charge in [0.2, 0.25) is 0 Å². The first-order chi connectivity index (χ1) is 9.74. The van der Waals surface area contributed by atoms with Gasteiger partial charge in [0.05, 0.1) is 6.61 Å². The molecule has 1 heterocycles. The van der Waals surface area contributed by atoms with E-state index in [1.807, 2.05) is 11.3 Å². The molecule has 1 N–H and O–H groups in total. The first-order valence-electron chi connectivity index (χ1n) is 7.79. The molecule has 0 saturated carbocycles. The van der Waals surface area contributed by atoms with Crippen LogP contribution in [0.3, 0.4) is 0 Å². The summed E-state index contributed by atoms with van der Waals surface area (Å²) in [7, 11) is 0. The van der Waals surface area contributed by atoms with E-state index in [1.54, 1.807) is 0 Å². The smallest absolute Gasteiger partial charge is 0.0590 e. The molecule has 1 rings (SSSR count). The summed E-state index contributed by atoms with van der Waals surface area (Å²) in [6.07, 6.45) is 2.38. The van der Waals surface area contributed by atoms with E-state index < -0.39 is 0 Å². The molecule has 0 aliphatic rings. The molecule has 1 aromatic heterocycles. The van der Waals surface area contributed by atoms with Crippen molar-refractivity contribution in [1.82, 2.24) is 10.2 Å². The number of unbranched alkanes of at least 4 members (excludes halogenated alkanes) is 1. The molecule has 0 radical (unpaired) electrons. The van der Waals surface area contributed by atoms with E-state index in [4.69, 9.17) is 4.74 Å². The van der Waals surface area contributed by atoms with Crippen LogP contribution in [0.4, 0.5) is 0 Å². The van der Waals surface area contributed by atoms with Gasteiger partial charge in [-0.1, -0.05) is 19.4 Å². The molecule has 3 nitrogen and oxygen atoms in total. The van der Waals surface area contributed by atoms with E-state index in [0.717, 1.165) is 39.4 Å². The lowest BCUT2D eigenvalue weighted by Gasteiger charge is -2.26. The summed E-state index contributed by atoms with van der Waals surface area (Å²) < 4.78 is 5.54. The molecule has 0 aliphatic carbocycles. The van der Waals surface area contributed by atoms with Gasteiger partial charge in [-0.15, -0.1) is 11.3 Å². The minimum absolute atomic E-state index is 0.583. The molecule has 0 spiro atoms. The average Bonchev–Trinajstić information content (AvgIpc) is 2.93. The van der Waals surface area contributed by atoms with Crippen molar-refractivity contribution >= 4 is 11.3 Å². The molecule has 0 aromatic carbocycles. The number of hydrogen-bond donors (Lipinski definition) is 1. The van der Waals surface area contributed by atoms with Gasteiger partial charge in [-0.3, -0.25) is 4.90 Å². The fraction of sp³-hybridized carbons (Fsp3) is 0.750. The van der Waals surface area contributed by atoms with Crippen molar-refractivity contribution in [3.63, 3.8) is 0 Å². The Balaban J connectivity index is 2.07. The average molecular weight is 298 g/mol. The zero-order chi connectivity index (χ0) is 14.6. The molecular formula is C16H30N2OS. The second-order valence-electron chi connectivity index (χ2n) is 5.36. The number of thiophene rings is 1. The van der Waals surface area contributed by atoms with Gasteiger partial charge in [-0.25, -0.2) is 0 Å². The highest BCUT2D eigenvalue weighted by atomic mass is 32.1. The van der Waals surface area contributed by atoms with Crippen molar-refractivity contribution in [3.05, 3.63) is 22.4 Å². The van der Waals surface area contributed by atoms with E-state index in [9.17, 15) is 0 Å². The lowest BCUT2D eigenvalue weighted by molar-refractivity contribution is 0.131. The fourth-order valence-electron chi connectivity index (χ4n) is 1.96. The minimum atomic E-state index is 0.583. The topological polar surface area (TPSA) is 24.5 Å². The Kier molecular flexibility index (Phi) is 9.93. The Hall–Kier alpha value is -0.420. The second kappa shape index (κ2) is 11.3. The third kappa shape index (κ3) is 8.00.